The van der Waals surface area contributed by atoms with Crippen molar-refractivity contribution in [3.8, 4) is 0 Å². The first-order valence-electron chi connectivity index (χ1n) is 6.45. The van der Waals surface area contributed by atoms with Crippen LogP contribution in [0, 0.1) is 11.8 Å². The molecule has 1 aromatic heterocycles. The van der Waals surface area contributed by atoms with Gasteiger partial charge in [-0.1, -0.05) is 13.8 Å². The van der Waals surface area contributed by atoms with Crippen molar-refractivity contribution in [3.05, 3.63) is 16.9 Å². The Morgan fingerprint density at radius 1 is 1.44 bits per heavy atom. The summed E-state index contributed by atoms with van der Waals surface area (Å²) in [5.41, 5.74) is 0. The zero-order valence-electron chi connectivity index (χ0n) is 11.1. The summed E-state index contributed by atoms with van der Waals surface area (Å²) in [5.74, 6) is 1.35. The van der Waals surface area contributed by atoms with E-state index in [2.05, 4.69) is 34.9 Å². The van der Waals surface area contributed by atoms with Crippen LogP contribution in [-0.2, 0) is 4.79 Å². The van der Waals surface area contributed by atoms with Gasteiger partial charge in [0, 0.05) is 19.3 Å². The van der Waals surface area contributed by atoms with Gasteiger partial charge < -0.3 is 4.90 Å². The monoisotopic (exact) mass is 313 g/mol. The van der Waals surface area contributed by atoms with Gasteiger partial charge in [0.25, 0.3) is 0 Å². The van der Waals surface area contributed by atoms with Crippen LogP contribution < -0.4 is 0 Å². The molecule has 1 saturated heterocycles. The number of halogens is 1. The van der Waals surface area contributed by atoms with E-state index in [4.69, 9.17) is 0 Å². The molecule has 0 unspecified atom stereocenters. The number of amides is 1. The lowest BCUT2D eigenvalue weighted by Gasteiger charge is -2.36. The molecule has 0 bridgehead atoms. The van der Waals surface area contributed by atoms with Gasteiger partial charge in [0.05, 0.1) is 10.7 Å². The third-order valence-corrected chi connectivity index (χ3v) is 3.91. The van der Waals surface area contributed by atoms with Crippen molar-refractivity contribution in [3.63, 3.8) is 0 Å². The van der Waals surface area contributed by atoms with E-state index in [1.807, 2.05) is 18.0 Å². The van der Waals surface area contributed by atoms with E-state index < -0.39 is 0 Å². The molecule has 0 N–H and O–H groups in total. The van der Waals surface area contributed by atoms with Gasteiger partial charge in [0.1, 0.15) is 6.04 Å². The molecular weight excluding hydrogens is 294 g/mol. The van der Waals surface area contributed by atoms with Crippen LogP contribution in [0.3, 0.4) is 0 Å². The average molecular weight is 314 g/mol. The van der Waals surface area contributed by atoms with Crippen LogP contribution in [0.4, 0.5) is 0 Å². The first-order valence-corrected chi connectivity index (χ1v) is 7.25. The Morgan fingerprint density at radius 2 is 2.06 bits per heavy atom. The average Bonchev–Trinajstić information content (AvgIpc) is 2.72. The predicted octanol–water partition coefficient (Wildman–Crippen LogP) is 2.71. The van der Waals surface area contributed by atoms with Crippen LogP contribution in [0.25, 0.3) is 0 Å². The van der Waals surface area contributed by atoms with E-state index in [0.717, 1.165) is 17.6 Å². The summed E-state index contributed by atoms with van der Waals surface area (Å²) in [6.07, 6.45) is 4.77. The van der Waals surface area contributed by atoms with Gasteiger partial charge in [-0.3, -0.25) is 9.48 Å². The Labute approximate surface area is 116 Å². The fourth-order valence-electron chi connectivity index (χ4n) is 2.75. The summed E-state index contributed by atoms with van der Waals surface area (Å²) in [7, 11) is 0. The van der Waals surface area contributed by atoms with Crippen molar-refractivity contribution >= 4 is 21.8 Å². The number of carbonyl (C=O) groups is 1. The molecule has 4 nitrogen and oxygen atoms in total. The zero-order chi connectivity index (χ0) is 13.3. The van der Waals surface area contributed by atoms with Crippen molar-refractivity contribution in [1.82, 2.24) is 14.7 Å². The minimum atomic E-state index is -0.228. The number of piperidine rings is 1. The molecule has 0 saturated carbocycles. The summed E-state index contributed by atoms with van der Waals surface area (Å²) in [4.78, 5) is 14.4. The lowest BCUT2D eigenvalue weighted by atomic mass is 9.91. The molecule has 0 spiro atoms. The van der Waals surface area contributed by atoms with Crippen LogP contribution in [-0.4, -0.2) is 33.7 Å². The van der Waals surface area contributed by atoms with Gasteiger partial charge in [-0.25, -0.2) is 0 Å². The third-order valence-electron chi connectivity index (χ3n) is 3.50. The molecule has 2 heterocycles. The number of carbonyl (C=O) groups excluding carboxylic acids is 1. The molecule has 100 valence electrons. The Bertz CT molecular complexity index is 422. The van der Waals surface area contributed by atoms with Crippen molar-refractivity contribution in [2.24, 2.45) is 11.8 Å². The third kappa shape index (κ3) is 2.94. The minimum Gasteiger partial charge on any atom is -0.340 e. The predicted molar refractivity (Wildman–Crippen MR) is 74.2 cm³/mol. The van der Waals surface area contributed by atoms with Gasteiger partial charge in [-0.2, -0.15) is 5.10 Å². The van der Waals surface area contributed by atoms with Crippen molar-refractivity contribution in [2.45, 2.75) is 33.2 Å². The van der Waals surface area contributed by atoms with E-state index in [9.17, 15) is 4.79 Å². The molecule has 1 fully saturated rings. The first kappa shape index (κ1) is 13.6. The summed E-state index contributed by atoms with van der Waals surface area (Å²) in [5, 5.41) is 4.19. The summed E-state index contributed by atoms with van der Waals surface area (Å²) < 4.78 is 2.62. The molecule has 5 heteroatoms. The number of rotatable bonds is 2. The number of likely N-dealkylation sites (tertiary alicyclic amines) is 1. The smallest absolute Gasteiger partial charge is 0.247 e. The number of nitrogens with zero attached hydrogens (tertiary/aromatic N) is 3. The van der Waals surface area contributed by atoms with Crippen LogP contribution in [0.1, 0.15) is 33.2 Å². The van der Waals surface area contributed by atoms with E-state index >= 15 is 0 Å². The van der Waals surface area contributed by atoms with Crippen molar-refractivity contribution in [2.75, 3.05) is 13.1 Å². The SMILES string of the molecule is C[C@@H]1C[C@H](C)CN(C(=O)[C@@H](C)n2cc(Br)cn2)C1. The van der Waals surface area contributed by atoms with Crippen LogP contribution in [0.5, 0.6) is 0 Å². The standard InChI is InChI=1S/C13H20BrN3O/c1-9-4-10(2)7-16(6-9)13(18)11(3)17-8-12(14)5-15-17/h5,8-11H,4,6-7H2,1-3H3/t9-,10+,11-/m1/s1. The molecule has 1 aromatic rings. The van der Waals surface area contributed by atoms with Gasteiger partial charge in [0.2, 0.25) is 5.91 Å². The van der Waals surface area contributed by atoms with E-state index in [1.165, 1.54) is 6.42 Å². The minimum absolute atomic E-state index is 0.170. The quantitative estimate of drug-likeness (QED) is 0.842. The maximum Gasteiger partial charge on any atom is 0.247 e. The molecule has 3 atom stereocenters. The molecular formula is C13H20BrN3O. The highest BCUT2D eigenvalue weighted by molar-refractivity contribution is 9.10. The van der Waals surface area contributed by atoms with E-state index in [0.29, 0.717) is 11.8 Å². The van der Waals surface area contributed by atoms with Gasteiger partial charge in [-0.05, 0) is 41.1 Å². The lowest BCUT2D eigenvalue weighted by Crippen LogP contribution is -2.45. The van der Waals surface area contributed by atoms with Crippen LogP contribution >= 0.6 is 15.9 Å². The summed E-state index contributed by atoms with van der Waals surface area (Å²) in [6, 6.07) is -0.228. The molecule has 2 rings (SSSR count). The highest BCUT2D eigenvalue weighted by Gasteiger charge is 2.29. The van der Waals surface area contributed by atoms with Crippen molar-refractivity contribution in [1.29, 1.82) is 0 Å². The van der Waals surface area contributed by atoms with Crippen LogP contribution in [0.15, 0.2) is 16.9 Å². The second kappa shape index (κ2) is 5.43. The number of aromatic nitrogens is 2. The normalized spacial score (nSPS) is 26.1. The highest BCUT2D eigenvalue weighted by Crippen LogP contribution is 2.23. The second-order valence-electron chi connectivity index (χ2n) is 5.50. The fourth-order valence-corrected chi connectivity index (χ4v) is 3.05. The molecule has 1 aliphatic rings. The largest absolute Gasteiger partial charge is 0.340 e. The molecule has 0 aromatic carbocycles. The Morgan fingerprint density at radius 3 is 2.56 bits per heavy atom. The molecule has 1 aliphatic heterocycles. The Hall–Kier alpha value is -0.840. The second-order valence-corrected chi connectivity index (χ2v) is 6.42. The first-order chi connectivity index (χ1) is 8.47. The van der Waals surface area contributed by atoms with Crippen LogP contribution in [0.2, 0.25) is 0 Å². The van der Waals surface area contributed by atoms with Crippen molar-refractivity contribution < 1.29 is 4.79 Å². The van der Waals surface area contributed by atoms with E-state index in [1.54, 1.807) is 10.9 Å². The topological polar surface area (TPSA) is 38.1 Å². The molecule has 1 amide bonds. The van der Waals surface area contributed by atoms with Gasteiger partial charge in [-0.15, -0.1) is 0 Å². The van der Waals surface area contributed by atoms with Gasteiger partial charge >= 0.3 is 0 Å². The van der Waals surface area contributed by atoms with E-state index in [-0.39, 0.29) is 11.9 Å². The molecule has 0 aliphatic carbocycles. The molecule has 18 heavy (non-hydrogen) atoms. The Kier molecular flexibility index (Phi) is 4.10. The number of hydrogen-bond acceptors (Lipinski definition) is 2. The molecule has 0 radical (unpaired) electrons. The summed E-state index contributed by atoms with van der Waals surface area (Å²) in [6.45, 7) is 8.08. The Balaban J connectivity index is 2.06. The lowest BCUT2D eigenvalue weighted by molar-refractivity contribution is -0.137. The van der Waals surface area contributed by atoms with Gasteiger partial charge in [0.15, 0.2) is 0 Å². The maximum absolute atomic E-state index is 12.4. The fraction of sp³-hybridized carbons (Fsp3) is 0.692. The number of hydrogen-bond donors (Lipinski definition) is 0. The summed E-state index contributed by atoms with van der Waals surface area (Å²) >= 11 is 3.36. The zero-order valence-corrected chi connectivity index (χ0v) is 12.7. The maximum atomic E-state index is 12.4. The highest BCUT2D eigenvalue weighted by atomic mass is 79.9.